The zero-order valence-corrected chi connectivity index (χ0v) is 31.9. The number of alkyl carbamates (subject to hydrolysis) is 1. The molecule has 0 aliphatic carbocycles. The van der Waals surface area contributed by atoms with Crippen molar-refractivity contribution in [3.8, 4) is 0 Å². The molecule has 1 heterocycles. The van der Waals surface area contributed by atoms with Crippen molar-refractivity contribution in [3.05, 3.63) is 94.1 Å². The smallest absolute Gasteiger partial charge is 0.408 e. The molecule has 0 spiro atoms. The van der Waals surface area contributed by atoms with Gasteiger partial charge in [0, 0.05) is 42.9 Å². The second kappa shape index (κ2) is 20.1. The molecule has 3 rings (SSSR count). The minimum Gasteiger partial charge on any atom is -0.467 e. The number of nitrogens with two attached hydrogens (primary N) is 1. The number of aliphatic hydroxyl groups is 1. The summed E-state index contributed by atoms with van der Waals surface area (Å²) in [5, 5.41) is 27.7. The lowest BCUT2D eigenvalue weighted by Gasteiger charge is -2.35. The fourth-order valence-electron chi connectivity index (χ4n) is 5.75. The first-order valence-corrected chi connectivity index (χ1v) is 17.9. The summed E-state index contributed by atoms with van der Waals surface area (Å²) in [7, 11) is 1.11. The second-order valence-corrected chi connectivity index (χ2v) is 14.3. The molecule has 6 atom stereocenters. The topological polar surface area (TPSA) is 249 Å². The van der Waals surface area contributed by atoms with E-state index in [9.17, 15) is 39.2 Å². The van der Waals surface area contributed by atoms with E-state index in [1.807, 2.05) is 0 Å². The SMILES string of the molecule is CCC(C)[C@@H](C(=O)OC)N(C(=O)CC(O)[C@@H](N)Cc1cccc([N+](=O)[O-])c1)C(=O)[C@H](Cc1cnc[nH]1)NC(=O)[C@H](Cc1ccccc1)NC(=O)OC(C)(C)C. The first-order chi connectivity index (χ1) is 25.9. The number of esters is 1. The van der Waals surface area contributed by atoms with Gasteiger partial charge in [-0.3, -0.25) is 29.4 Å². The molecule has 298 valence electrons. The summed E-state index contributed by atoms with van der Waals surface area (Å²) >= 11 is 0. The van der Waals surface area contributed by atoms with Crippen molar-refractivity contribution in [1.82, 2.24) is 25.5 Å². The van der Waals surface area contributed by atoms with Crippen LogP contribution in [0.25, 0.3) is 0 Å². The van der Waals surface area contributed by atoms with Gasteiger partial charge in [0.15, 0.2) is 0 Å². The number of H-pyrrole nitrogens is 1. The van der Waals surface area contributed by atoms with Gasteiger partial charge in [0.25, 0.3) is 11.6 Å². The van der Waals surface area contributed by atoms with Crippen molar-refractivity contribution in [1.29, 1.82) is 0 Å². The molecule has 3 aromatic rings. The van der Waals surface area contributed by atoms with E-state index in [4.69, 9.17) is 15.2 Å². The van der Waals surface area contributed by atoms with Crippen LogP contribution in [-0.4, -0.2) is 97.7 Å². The Morgan fingerprint density at radius 1 is 1.00 bits per heavy atom. The molecule has 2 unspecified atom stereocenters. The van der Waals surface area contributed by atoms with Crippen LogP contribution in [0.4, 0.5) is 10.5 Å². The van der Waals surface area contributed by atoms with Crippen molar-refractivity contribution < 1.29 is 43.5 Å². The van der Waals surface area contributed by atoms with E-state index in [0.717, 1.165) is 7.11 Å². The van der Waals surface area contributed by atoms with Crippen LogP contribution in [0.1, 0.15) is 64.3 Å². The quantitative estimate of drug-likeness (QED) is 0.0713. The maximum atomic E-state index is 14.7. The number of carbonyl (C=O) groups excluding carboxylic acids is 5. The summed E-state index contributed by atoms with van der Waals surface area (Å²) in [5.41, 5.74) is 6.70. The highest BCUT2D eigenvalue weighted by Crippen LogP contribution is 2.22. The Morgan fingerprint density at radius 2 is 1.67 bits per heavy atom. The monoisotopic (exact) mass is 765 g/mol. The summed E-state index contributed by atoms with van der Waals surface area (Å²) in [6.45, 7) is 8.38. The third-order valence-corrected chi connectivity index (χ3v) is 8.76. The number of nitro groups is 1. The standard InChI is InChI=1S/C38H51N7O10/c1-7-23(2)33(36(50)54-6)44(32(47)20-31(46)28(39)17-25-14-11-15-27(16-25)45(52)53)35(49)30(19-26-21-40-22-41-26)42-34(48)29(18-24-12-9-8-10-13-24)43-37(51)55-38(3,4)5/h8-16,21-23,28-31,33,46H,7,17-20,39H2,1-6H3,(H,40,41)(H,42,48)(H,43,51)/t23?,28-,29-,30-,31?,33-/m0/s1. The molecule has 0 aliphatic heterocycles. The average Bonchev–Trinajstić information content (AvgIpc) is 3.65. The van der Waals surface area contributed by atoms with Crippen molar-refractivity contribution in [2.45, 2.75) is 103 Å². The molecule has 17 heteroatoms. The van der Waals surface area contributed by atoms with Crippen molar-refractivity contribution in [2.75, 3.05) is 7.11 Å². The lowest BCUT2D eigenvalue weighted by molar-refractivity contribution is -0.384. The van der Waals surface area contributed by atoms with Crippen molar-refractivity contribution in [2.24, 2.45) is 11.7 Å². The van der Waals surface area contributed by atoms with Crippen LogP contribution in [0, 0.1) is 16.0 Å². The number of nitro benzene ring substituents is 1. The summed E-state index contributed by atoms with van der Waals surface area (Å²) < 4.78 is 10.4. The molecule has 0 saturated carbocycles. The Balaban J connectivity index is 2.01. The Hall–Kier alpha value is -5.68. The molecule has 55 heavy (non-hydrogen) atoms. The molecule has 2 aromatic carbocycles. The number of imidazole rings is 1. The van der Waals surface area contributed by atoms with Crippen molar-refractivity contribution in [3.63, 3.8) is 0 Å². The van der Waals surface area contributed by atoms with E-state index in [0.29, 0.717) is 28.1 Å². The number of rotatable bonds is 18. The van der Waals surface area contributed by atoms with Gasteiger partial charge in [-0.2, -0.15) is 0 Å². The third-order valence-electron chi connectivity index (χ3n) is 8.76. The highest BCUT2D eigenvalue weighted by Gasteiger charge is 2.43. The van der Waals surface area contributed by atoms with Gasteiger partial charge in [0.05, 0.1) is 30.9 Å². The van der Waals surface area contributed by atoms with E-state index in [1.54, 1.807) is 71.0 Å². The molecule has 0 saturated heterocycles. The summed E-state index contributed by atoms with van der Waals surface area (Å²) in [4.78, 5) is 87.5. The van der Waals surface area contributed by atoms with E-state index >= 15 is 0 Å². The number of benzene rings is 2. The van der Waals surface area contributed by atoms with Gasteiger partial charge in [-0.25, -0.2) is 14.6 Å². The second-order valence-electron chi connectivity index (χ2n) is 14.3. The maximum absolute atomic E-state index is 14.7. The third kappa shape index (κ3) is 13.3. The van der Waals surface area contributed by atoms with Gasteiger partial charge in [-0.15, -0.1) is 0 Å². The molecule has 6 N–H and O–H groups in total. The number of aromatic nitrogens is 2. The summed E-state index contributed by atoms with van der Waals surface area (Å²) in [6, 6.07) is 9.12. The first kappa shape index (κ1) is 43.7. The van der Waals surface area contributed by atoms with Crippen LogP contribution in [0.15, 0.2) is 67.1 Å². The lowest BCUT2D eigenvalue weighted by atomic mass is 9.94. The zero-order valence-electron chi connectivity index (χ0n) is 31.9. The number of ether oxygens (including phenoxy) is 2. The number of aromatic amines is 1. The Labute approximate surface area is 319 Å². The molecular formula is C38H51N7O10. The molecule has 0 radical (unpaired) electrons. The highest BCUT2D eigenvalue weighted by molar-refractivity contribution is 6.03. The van der Waals surface area contributed by atoms with Gasteiger partial charge in [-0.1, -0.05) is 62.7 Å². The van der Waals surface area contributed by atoms with E-state index in [-0.39, 0.29) is 24.9 Å². The predicted molar refractivity (Wildman–Crippen MR) is 200 cm³/mol. The van der Waals surface area contributed by atoms with Crippen molar-refractivity contribution >= 4 is 35.5 Å². The minimum atomic E-state index is -1.56. The lowest BCUT2D eigenvalue weighted by Crippen LogP contribution is -2.61. The van der Waals surface area contributed by atoms with Gasteiger partial charge in [0.1, 0.15) is 23.7 Å². The minimum absolute atomic E-state index is 0.00579. The summed E-state index contributed by atoms with van der Waals surface area (Å²) in [5.74, 6) is -4.33. The normalized spacial score (nSPS) is 14.6. The Bertz CT molecular complexity index is 1760. The number of carbonyl (C=O) groups is 5. The number of amides is 4. The maximum Gasteiger partial charge on any atom is 0.408 e. The van der Waals surface area contributed by atoms with Crippen LogP contribution >= 0.6 is 0 Å². The fourth-order valence-corrected chi connectivity index (χ4v) is 5.75. The molecule has 0 fully saturated rings. The van der Waals surface area contributed by atoms with Crippen LogP contribution < -0.4 is 16.4 Å². The van der Waals surface area contributed by atoms with Gasteiger partial charge in [-0.05, 0) is 44.2 Å². The molecule has 1 aromatic heterocycles. The number of imide groups is 1. The Morgan fingerprint density at radius 3 is 2.25 bits per heavy atom. The number of non-ortho nitro benzene ring substituents is 1. The number of nitrogens with zero attached hydrogens (tertiary/aromatic N) is 3. The molecule has 4 amide bonds. The number of hydrogen-bond acceptors (Lipinski definition) is 12. The zero-order chi connectivity index (χ0) is 40.9. The average molecular weight is 766 g/mol. The van der Waals surface area contributed by atoms with Gasteiger partial charge >= 0.3 is 12.1 Å². The molecule has 0 bridgehead atoms. The fraction of sp³-hybridized carbons (Fsp3) is 0.474. The largest absolute Gasteiger partial charge is 0.467 e. The van der Waals surface area contributed by atoms with Crippen LogP contribution in [0.3, 0.4) is 0 Å². The van der Waals surface area contributed by atoms with E-state index < -0.39 is 82.9 Å². The van der Waals surface area contributed by atoms with Crippen LogP contribution in [0.5, 0.6) is 0 Å². The molecular weight excluding hydrogens is 714 g/mol. The number of hydrogen-bond donors (Lipinski definition) is 5. The van der Waals surface area contributed by atoms with Gasteiger partial charge in [0.2, 0.25) is 11.8 Å². The van der Waals surface area contributed by atoms with E-state index in [2.05, 4.69) is 20.6 Å². The molecule has 17 nitrogen and oxygen atoms in total. The predicted octanol–water partition coefficient (Wildman–Crippen LogP) is 2.75. The van der Waals surface area contributed by atoms with Crippen LogP contribution in [0.2, 0.25) is 0 Å². The number of aliphatic hydroxyl groups excluding tert-OH is 1. The Kier molecular flexibility index (Phi) is 16.0. The van der Waals surface area contributed by atoms with Crippen LogP contribution in [-0.2, 0) is 47.9 Å². The number of methoxy groups -OCH3 is 1. The highest BCUT2D eigenvalue weighted by atomic mass is 16.6. The molecule has 0 aliphatic rings. The van der Waals surface area contributed by atoms with E-state index in [1.165, 1.54) is 30.7 Å². The first-order valence-electron chi connectivity index (χ1n) is 17.9. The summed E-state index contributed by atoms with van der Waals surface area (Å²) in [6.07, 6.45) is -0.340. The number of nitrogens with one attached hydrogen (secondary N) is 3. The van der Waals surface area contributed by atoms with Gasteiger partial charge < -0.3 is 35.9 Å².